The van der Waals surface area contributed by atoms with Crippen molar-refractivity contribution >= 4 is 29.7 Å². The molecule has 0 aromatic rings. The zero-order valence-electron chi connectivity index (χ0n) is 19.0. The lowest BCUT2D eigenvalue weighted by Crippen LogP contribution is -2.56. The fraction of sp³-hybridized carbons (Fsp3) is 0.476. The molecular weight excluding hydrogens is 418 g/mol. The van der Waals surface area contributed by atoms with Gasteiger partial charge in [-0.15, -0.1) is 0 Å². The summed E-state index contributed by atoms with van der Waals surface area (Å²) in [7, 11) is 3.02. The van der Waals surface area contributed by atoms with Crippen LogP contribution in [0.3, 0.4) is 0 Å². The van der Waals surface area contributed by atoms with Crippen molar-refractivity contribution in [3.63, 3.8) is 0 Å². The minimum atomic E-state index is -1.24. The lowest BCUT2D eigenvalue weighted by molar-refractivity contribution is -0.142. The van der Waals surface area contributed by atoms with Crippen molar-refractivity contribution in [1.29, 1.82) is 0 Å². The molecule has 4 N–H and O–H groups in total. The van der Waals surface area contributed by atoms with Crippen molar-refractivity contribution in [3.05, 3.63) is 35.3 Å². The zero-order chi connectivity index (χ0) is 24.5. The van der Waals surface area contributed by atoms with Gasteiger partial charge in [0.05, 0.1) is 0 Å². The SMILES string of the molecule is C[C@H](NC(=O)C(=O)N[C@@H](CC1=C=C=CC=C1)C(=O)NNC(=O)OC(C)(C)C)C(=O)N(C)C. The Bertz CT molecular complexity index is 902. The summed E-state index contributed by atoms with van der Waals surface area (Å²) < 4.78 is 5.03. The Balaban J connectivity index is 2.85. The van der Waals surface area contributed by atoms with Crippen molar-refractivity contribution in [2.24, 2.45) is 0 Å². The normalized spacial score (nSPS) is 13.9. The third-order valence-electron chi connectivity index (χ3n) is 3.81. The van der Waals surface area contributed by atoms with Crippen LogP contribution in [-0.4, -0.2) is 66.4 Å². The monoisotopic (exact) mass is 447 g/mol. The molecule has 11 heteroatoms. The Morgan fingerprint density at radius 3 is 2.22 bits per heavy atom. The molecular formula is C21H29N5O6. The summed E-state index contributed by atoms with van der Waals surface area (Å²) in [4.78, 5) is 62.0. The molecule has 0 heterocycles. The van der Waals surface area contributed by atoms with E-state index in [2.05, 4.69) is 32.9 Å². The van der Waals surface area contributed by atoms with E-state index in [1.807, 2.05) is 0 Å². The molecule has 32 heavy (non-hydrogen) atoms. The van der Waals surface area contributed by atoms with E-state index in [1.165, 1.54) is 25.9 Å². The molecule has 0 aromatic heterocycles. The molecule has 5 amide bonds. The van der Waals surface area contributed by atoms with Crippen LogP contribution in [-0.2, 0) is 23.9 Å². The van der Waals surface area contributed by atoms with Crippen LogP contribution in [0.25, 0.3) is 0 Å². The predicted octanol–water partition coefficient (Wildman–Crippen LogP) is -0.183. The van der Waals surface area contributed by atoms with Gasteiger partial charge in [-0.25, -0.2) is 10.2 Å². The van der Waals surface area contributed by atoms with Gasteiger partial charge in [0.25, 0.3) is 5.91 Å². The summed E-state index contributed by atoms with van der Waals surface area (Å²) in [6.45, 7) is 6.39. The van der Waals surface area contributed by atoms with Crippen molar-refractivity contribution in [1.82, 2.24) is 26.4 Å². The number of nitrogens with one attached hydrogen (secondary N) is 4. The number of carbonyl (C=O) groups is 5. The van der Waals surface area contributed by atoms with E-state index in [9.17, 15) is 24.0 Å². The standard InChI is InChI=1S/C21H29N5O6/c1-13(19(30)26(5)6)22-17(28)18(29)23-15(12-14-10-8-7-9-11-14)16(27)24-25-20(31)32-21(2,3)4/h7-8,10,13,15H,12H2,1-6H3,(H,22,28)(H,23,29)(H,24,27)(H,25,31)/t13-,15-/m0/s1. The third kappa shape index (κ3) is 9.34. The molecule has 0 bridgehead atoms. The third-order valence-corrected chi connectivity index (χ3v) is 3.81. The highest BCUT2D eigenvalue weighted by Gasteiger charge is 2.28. The number of amides is 5. The highest BCUT2D eigenvalue weighted by atomic mass is 16.6. The second kappa shape index (κ2) is 11.5. The van der Waals surface area contributed by atoms with Gasteiger partial charge in [-0.2, -0.15) is 0 Å². The van der Waals surface area contributed by atoms with Gasteiger partial charge in [0.15, 0.2) is 0 Å². The number of carbonyl (C=O) groups excluding carboxylic acids is 5. The zero-order valence-corrected chi connectivity index (χ0v) is 19.0. The quantitative estimate of drug-likeness (QED) is 0.252. The van der Waals surface area contributed by atoms with Crippen LogP contribution >= 0.6 is 0 Å². The number of hydrogen-bond donors (Lipinski definition) is 4. The number of nitrogens with zero attached hydrogens (tertiary/aromatic N) is 1. The maximum absolute atomic E-state index is 12.6. The van der Waals surface area contributed by atoms with Gasteiger partial charge >= 0.3 is 17.9 Å². The lowest BCUT2D eigenvalue weighted by atomic mass is 10.0. The number of ether oxygens (including phenoxy) is 1. The van der Waals surface area contributed by atoms with E-state index >= 15 is 0 Å². The average Bonchev–Trinajstić information content (AvgIpc) is 2.70. The lowest BCUT2D eigenvalue weighted by Gasteiger charge is -2.22. The molecule has 0 saturated heterocycles. The van der Waals surface area contributed by atoms with E-state index in [1.54, 1.807) is 39.0 Å². The van der Waals surface area contributed by atoms with Crippen LogP contribution < -0.4 is 21.5 Å². The molecule has 1 aliphatic carbocycles. The van der Waals surface area contributed by atoms with Crippen molar-refractivity contribution in [3.8, 4) is 0 Å². The minimum Gasteiger partial charge on any atom is -0.443 e. The maximum Gasteiger partial charge on any atom is 0.426 e. The first kappa shape index (κ1) is 26.2. The molecule has 0 aliphatic heterocycles. The Hall–Kier alpha value is -3.81. The van der Waals surface area contributed by atoms with E-state index in [0.717, 1.165) is 0 Å². The molecule has 11 nitrogen and oxygen atoms in total. The molecule has 0 aromatic carbocycles. The Morgan fingerprint density at radius 1 is 1.06 bits per heavy atom. The van der Waals surface area contributed by atoms with Gasteiger partial charge in [0.1, 0.15) is 17.7 Å². The molecule has 174 valence electrons. The topological polar surface area (TPSA) is 146 Å². The molecule has 1 rings (SSSR count). The fourth-order valence-corrected chi connectivity index (χ4v) is 2.38. The smallest absolute Gasteiger partial charge is 0.426 e. The summed E-state index contributed by atoms with van der Waals surface area (Å²) in [5.74, 6) is -3.42. The summed E-state index contributed by atoms with van der Waals surface area (Å²) >= 11 is 0. The van der Waals surface area contributed by atoms with E-state index in [0.29, 0.717) is 5.57 Å². The highest BCUT2D eigenvalue weighted by Crippen LogP contribution is 2.09. The molecule has 0 radical (unpaired) electrons. The molecule has 1 aliphatic rings. The van der Waals surface area contributed by atoms with Crippen LogP contribution in [0.1, 0.15) is 34.1 Å². The number of rotatable bonds is 6. The average molecular weight is 447 g/mol. The van der Waals surface area contributed by atoms with E-state index in [4.69, 9.17) is 4.74 Å². The van der Waals surface area contributed by atoms with Gasteiger partial charge in [0.2, 0.25) is 5.91 Å². The van der Waals surface area contributed by atoms with Crippen LogP contribution in [0, 0.1) is 0 Å². The van der Waals surface area contributed by atoms with Crippen molar-refractivity contribution < 1.29 is 28.7 Å². The predicted molar refractivity (Wildman–Crippen MR) is 115 cm³/mol. The molecule has 0 fully saturated rings. The summed E-state index contributed by atoms with van der Waals surface area (Å²) in [6.07, 6.45) is 4.00. The molecule has 2 atom stereocenters. The minimum absolute atomic E-state index is 0.0373. The van der Waals surface area contributed by atoms with Gasteiger partial charge in [-0.3, -0.25) is 24.6 Å². The largest absolute Gasteiger partial charge is 0.443 e. The maximum atomic E-state index is 12.6. The first-order valence-electron chi connectivity index (χ1n) is 9.78. The number of allylic oxidation sites excluding steroid dienone is 3. The van der Waals surface area contributed by atoms with Gasteiger partial charge in [-0.1, -0.05) is 17.5 Å². The van der Waals surface area contributed by atoms with Gasteiger partial charge < -0.3 is 20.3 Å². The fourth-order valence-electron chi connectivity index (χ4n) is 2.38. The second-order valence-electron chi connectivity index (χ2n) is 8.09. The molecule has 0 saturated carbocycles. The summed E-state index contributed by atoms with van der Waals surface area (Å²) in [5, 5.41) is 4.56. The molecule has 0 unspecified atom stereocenters. The van der Waals surface area contributed by atoms with Crippen molar-refractivity contribution in [2.75, 3.05) is 14.1 Å². The number of likely N-dealkylation sites (N-methyl/N-ethyl adjacent to an activating group) is 1. The molecule has 0 spiro atoms. The van der Waals surface area contributed by atoms with E-state index in [-0.39, 0.29) is 6.42 Å². The number of hydrazine groups is 1. The first-order valence-corrected chi connectivity index (χ1v) is 9.78. The first-order chi connectivity index (χ1) is 14.8. The van der Waals surface area contributed by atoms with Gasteiger partial charge in [-0.05, 0) is 39.8 Å². The number of hydrogen-bond acceptors (Lipinski definition) is 6. The van der Waals surface area contributed by atoms with Crippen molar-refractivity contribution in [2.45, 2.75) is 51.8 Å². The summed E-state index contributed by atoms with van der Waals surface area (Å²) in [6, 6.07) is -2.18. The van der Waals surface area contributed by atoms with Crippen LogP contribution in [0.15, 0.2) is 35.3 Å². The summed E-state index contributed by atoms with van der Waals surface area (Å²) in [5.41, 5.74) is 9.50. The highest BCUT2D eigenvalue weighted by molar-refractivity contribution is 6.35. The Kier molecular flexibility index (Phi) is 9.46. The van der Waals surface area contributed by atoms with Crippen LogP contribution in [0.2, 0.25) is 0 Å². The van der Waals surface area contributed by atoms with Crippen LogP contribution in [0.5, 0.6) is 0 Å². The second-order valence-corrected chi connectivity index (χ2v) is 8.09. The van der Waals surface area contributed by atoms with Gasteiger partial charge in [0, 0.05) is 26.1 Å². The van der Waals surface area contributed by atoms with Crippen LogP contribution in [0.4, 0.5) is 4.79 Å². The Labute approximate surface area is 186 Å². The van der Waals surface area contributed by atoms with E-state index < -0.39 is 47.4 Å². The Morgan fingerprint density at radius 2 is 1.69 bits per heavy atom.